The lowest BCUT2D eigenvalue weighted by molar-refractivity contribution is -0.120. The van der Waals surface area contributed by atoms with Gasteiger partial charge < -0.3 is 0 Å². The first kappa shape index (κ1) is 11.4. The Hall–Kier alpha value is -2.04. The number of hydrogen-bond donors (Lipinski definition) is 1. The number of hydrogen-bond acceptors (Lipinski definition) is 4. The van der Waals surface area contributed by atoms with Gasteiger partial charge in [0.2, 0.25) is 0 Å². The number of benzene rings is 1. The molecule has 0 saturated carbocycles. The van der Waals surface area contributed by atoms with Gasteiger partial charge in [-0.3, -0.25) is 4.79 Å². The molecule has 1 aliphatic heterocycles. The maximum atomic E-state index is 11.2. The Morgan fingerprint density at radius 2 is 1.88 bits per heavy atom. The SMILES string of the molecule is Cc1cc(C)c(N=NC2C=NNC2=O)c(C)c1. The molecule has 5 nitrogen and oxygen atoms in total. The molecule has 1 atom stereocenters. The van der Waals surface area contributed by atoms with Crippen molar-refractivity contribution in [3.63, 3.8) is 0 Å². The van der Waals surface area contributed by atoms with Crippen molar-refractivity contribution in [2.75, 3.05) is 0 Å². The molecular formula is C12H14N4O. The van der Waals surface area contributed by atoms with Gasteiger partial charge in [0.05, 0.1) is 11.9 Å². The van der Waals surface area contributed by atoms with E-state index in [1.54, 1.807) is 0 Å². The first-order valence-corrected chi connectivity index (χ1v) is 5.39. The highest BCUT2D eigenvalue weighted by Crippen LogP contribution is 2.25. The number of rotatable bonds is 2. The fraction of sp³-hybridized carbons (Fsp3) is 0.333. The van der Waals surface area contributed by atoms with Crippen LogP contribution in [-0.2, 0) is 4.79 Å². The first-order valence-electron chi connectivity index (χ1n) is 5.39. The monoisotopic (exact) mass is 230 g/mol. The molecule has 2 rings (SSSR count). The van der Waals surface area contributed by atoms with Crippen molar-refractivity contribution in [2.24, 2.45) is 15.3 Å². The van der Waals surface area contributed by atoms with E-state index in [-0.39, 0.29) is 5.91 Å². The molecule has 17 heavy (non-hydrogen) atoms. The summed E-state index contributed by atoms with van der Waals surface area (Å²) in [5.74, 6) is -0.240. The molecule has 0 aromatic heterocycles. The van der Waals surface area contributed by atoms with Crippen molar-refractivity contribution < 1.29 is 4.79 Å². The third-order valence-corrected chi connectivity index (χ3v) is 2.58. The molecule has 88 valence electrons. The maximum Gasteiger partial charge on any atom is 0.272 e. The predicted octanol–water partition coefficient (Wildman–Crippen LogP) is 2.18. The number of carbonyl (C=O) groups is 1. The smallest absolute Gasteiger partial charge is 0.270 e. The zero-order valence-electron chi connectivity index (χ0n) is 10.1. The van der Waals surface area contributed by atoms with Crippen LogP contribution in [0.15, 0.2) is 27.5 Å². The molecule has 0 saturated heterocycles. The van der Waals surface area contributed by atoms with Crippen LogP contribution in [0.1, 0.15) is 16.7 Å². The molecule has 1 unspecified atom stereocenters. The van der Waals surface area contributed by atoms with Crippen LogP contribution in [-0.4, -0.2) is 18.2 Å². The molecule has 0 spiro atoms. The van der Waals surface area contributed by atoms with Crippen LogP contribution in [0.5, 0.6) is 0 Å². The van der Waals surface area contributed by atoms with E-state index in [2.05, 4.69) is 20.8 Å². The highest BCUT2D eigenvalue weighted by atomic mass is 16.2. The van der Waals surface area contributed by atoms with E-state index in [0.717, 1.165) is 16.8 Å². The number of aryl methyl sites for hydroxylation is 3. The summed E-state index contributed by atoms with van der Waals surface area (Å²) in [5.41, 5.74) is 6.45. The van der Waals surface area contributed by atoms with Gasteiger partial charge in [0, 0.05) is 0 Å². The lowest BCUT2D eigenvalue weighted by Crippen LogP contribution is -2.22. The summed E-state index contributed by atoms with van der Waals surface area (Å²) in [7, 11) is 0. The highest BCUT2D eigenvalue weighted by molar-refractivity contribution is 6.01. The van der Waals surface area contributed by atoms with Crippen molar-refractivity contribution in [1.82, 2.24) is 5.43 Å². The zero-order chi connectivity index (χ0) is 12.4. The van der Waals surface area contributed by atoms with Gasteiger partial charge in [-0.2, -0.15) is 15.3 Å². The molecule has 0 fully saturated rings. The molecule has 1 heterocycles. The van der Waals surface area contributed by atoms with E-state index in [0.29, 0.717) is 0 Å². The molecule has 1 aromatic carbocycles. The summed E-state index contributed by atoms with van der Waals surface area (Å²) in [6.07, 6.45) is 1.45. The van der Waals surface area contributed by atoms with Gasteiger partial charge in [-0.15, -0.1) is 0 Å². The molecule has 0 aliphatic carbocycles. The van der Waals surface area contributed by atoms with Crippen LogP contribution in [0.3, 0.4) is 0 Å². The van der Waals surface area contributed by atoms with Crippen molar-refractivity contribution in [2.45, 2.75) is 26.8 Å². The first-order chi connectivity index (χ1) is 8.08. The Bertz CT molecular complexity index is 496. The number of azo groups is 1. The van der Waals surface area contributed by atoms with Crippen LogP contribution in [0, 0.1) is 20.8 Å². The van der Waals surface area contributed by atoms with E-state index < -0.39 is 6.04 Å². The third kappa shape index (κ3) is 2.38. The van der Waals surface area contributed by atoms with Gasteiger partial charge in [-0.05, 0) is 31.9 Å². The molecule has 1 amide bonds. The Labute approximate surface area is 99.6 Å². The second-order valence-corrected chi connectivity index (χ2v) is 4.16. The number of nitrogens with one attached hydrogen (secondary N) is 1. The van der Waals surface area contributed by atoms with Gasteiger partial charge in [-0.1, -0.05) is 17.7 Å². The molecule has 0 radical (unpaired) electrons. The topological polar surface area (TPSA) is 66.2 Å². The second kappa shape index (κ2) is 4.45. The molecule has 0 bridgehead atoms. The van der Waals surface area contributed by atoms with E-state index in [9.17, 15) is 4.79 Å². The fourth-order valence-electron chi connectivity index (χ4n) is 1.84. The highest BCUT2D eigenvalue weighted by Gasteiger charge is 2.19. The van der Waals surface area contributed by atoms with E-state index in [1.165, 1.54) is 11.8 Å². The van der Waals surface area contributed by atoms with Crippen molar-refractivity contribution in [3.05, 3.63) is 28.8 Å². The summed E-state index contributed by atoms with van der Waals surface area (Å²) in [4.78, 5) is 11.2. The minimum Gasteiger partial charge on any atom is -0.270 e. The minimum absolute atomic E-state index is 0.240. The largest absolute Gasteiger partial charge is 0.272 e. The van der Waals surface area contributed by atoms with E-state index in [4.69, 9.17) is 0 Å². The lowest BCUT2D eigenvalue weighted by Gasteiger charge is -2.05. The van der Waals surface area contributed by atoms with Crippen LogP contribution >= 0.6 is 0 Å². The normalized spacial score (nSPS) is 19.0. The fourth-order valence-corrected chi connectivity index (χ4v) is 1.84. The number of carbonyl (C=O) groups excluding carboxylic acids is 1. The third-order valence-electron chi connectivity index (χ3n) is 2.58. The van der Waals surface area contributed by atoms with Gasteiger partial charge in [0.25, 0.3) is 5.91 Å². The Balaban J connectivity index is 2.27. The van der Waals surface area contributed by atoms with Crippen LogP contribution in [0.25, 0.3) is 0 Å². The van der Waals surface area contributed by atoms with Crippen LogP contribution in [0.2, 0.25) is 0 Å². The van der Waals surface area contributed by atoms with Crippen LogP contribution < -0.4 is 5.43 Å². The minimum atomic E-state index is -0.602. The Kier molecular flexibility index (Phi) is 2.99. The average molecular weight is 230 g/mol. The van der Waals surface area contributed by atoms with Gasteiger partial charge >= 0.3 is 0 Å². The van der Waals surface area contributed by atoms with Gasteiger partial charge in [0.15, 0.2) is 6.04 Å². The predicted molar refractivity (Wildman–Crippen MR) is 65.6 cm³/mol. The molecule has 1 aromatic rings. The summed E-state index contributed by atoms with van der Waals surface area (Å²) >= 11 is 0. The van der Waals surface area contributed by atoms with E-state index >= 15 is 0 Å². The number of nitrogens with zero attached hydrogens (tertiary/aromatic N) is 3. The summed E-state index contributed by atoms with van der Waals surface area (Å²) in [6, 6.07) is 3.49. The molecule has 1 N–H and O–H groups in total. The van der Waals surface area contributed by atoms with Crippen molar-refractivity contribution in [1.29, 1.82) is 0 Å². The van der Waals surface area contributed by atoms with Gasteiger partial charge in [0.1, 0.15) is 0 Å². The molecule has 1 aliphatic rings. The summed E-state index contributed by atoms with van der Waals surface area (Å²) in [6.45, 7) is 6.01. The zero-order valence-corrected chi connectivity index (χ0v) is 10.1. The lowest BCUT2D eigenvalue weighted by atomic mass is 10.1. The second-order valence-electron chi connectivity index (χ2n) is 4.16. The standard InChI is InChI=1S/C12H14N4O/c1-7-4-8(2)11(9(3)5-7)15-14-10-6-13-16-12(10)17/h4-6,10H,1-3H3,(H,16,17). The van der Waals surface area contributed by atoms with Gasteiger partial charge in [-0.25, -0.2) is 5.43 Å². The average Bonchev–Trinajstić information content (AvgIpc) is 2.62. The van der Waals surface area contributed by atoms with Crippen molar-refractivity contribution in [3.8, 4) is 0 Å². The summed E-state index contributed by atoms with van der Waals surface area (Å²) in [5, 5.41) is 11.8. The van der Waals surface area contributed by atoms with Crippen LogP contribution in [0.4, 0.5) is 5.69 Å². The maximum absolute atomic E-state index is 11.2. The quantitative estimate of drug-likeness (QED) is 0.777. The number of hydrazone groups is 1. The van der Waals surface area contributed by atoms with E-state index in [1.807, 2.05) is 32.9 Å². The number of amides is 1. The Morgan fingerprint density at radius 3 is 2.41 bits per heavy atom. The summed E-state index contributed by atoms with van der Waals surface area (Å²) < 4.78 is 0. The Morgan fingerprint density at radius 1 is 1.24 bits per heavy atom. The van der Waals surface area contributed by atoms with Crippen molar-refractivity contribution >= 4 is 17.8 Å². The molecule has 5 heteroatoms. The molecular weight excluding hydrogens is 216 g/mol.